The van der Waals surface area contributed by atoms with Crippen LogP contribution in [0.1, 0.15) is 23.3 Å². The summed E-state index contributed by atoms with van der Waals surface area (Å²) in [6, 6.07) is 12.9. The molecule has 1 aliphatic heterocycles. The highest BCUT2D eigenvalue weighted by Gasteiger charge is 2.29. The number of piperidine rings is 1. The Hall–Kier alpha value is -3.68. The van der Waals surface area contributed by atoms with E-state index in [9.17, 15) is 9.59 Å². The maximum Gasteiger partial charge on any atom is 0.270 e. The Morgan fingerprint density at radius 3 is 2.28 bits per heavy atom. The highest BCUT2D eigenvalue weighted by Crippen LogP contribution is 2.41. The third-order valence-corrected chi connectivity index (χ3v) is 5.86. The van der Waals surface area contributed by atoms with Gasteiger partial charge in [-0.05, 0) is 31.0 Å². The summed E-state index contributed by atoms with van der Waals surface area (Å²) in [4.78, 5) is 30.7. The highest BCUT2D eigenvalue weighted by molar-refractivity contribution is 6.02. The van der Waals surface area contributed by atoms with Crippen LogP contribution < -0.4 is 19.5 Å². The molecule has 0 atom stereocenters. The maximum atomic E-state index is 13.2. The quantitative estimate of drug-likeness (QED) is 0.614. The van der Waals surface area contributed by atoms with Crippen molar-refractivity contribution < 1.29 is 23.8 Å². The van der Waals surface area contributed by atoms with Crippen LogP contribution in [0.5, 0.6) is 17.2 Å². The van der Waals surface area contributed by atoms with E-state index >= 15 is 0 Å². The number of nitrogens with zero attached hydrogens (tertiary/aromatic N) is 1. The summed E-state index contributed by atoms with van der Waals surface area (Å²) in [5, 5.41) is 3.69. The van der Waals surface area contributed by atoms with Gasteiger partial charge in [0.25, 0.3) is 5.91 Å². The molecule has 32 heavy (non-hydrogen) atoms. The molecule has 1 saturated heterocycles. The van der Waals surface area contributed by atoms with Gasteiger partial charge < -0.3 is 29.4 Å². The Morgan fingerprint density at radius 1 is 0.969 bits per heavy atom. The number of fused-ring (bicyclic) bond motifs is 1. The van der Waals surface area contributed by atoms with E-state index in [1.807, 2.05) is 30.3 Å². The van der Waals surface area contributed by atoms with Crippen molar-refractivity contribution in [3.05, 3.63) is 48.2 Å². The summed E-state index contributed by atoms with van der Waals surface area (Å²) < 4.78 is 16.4. The zero-order valence-electron chi connectivity index (χ0n) is 18.4. The molecule has 8 nitrogen and oxygen atoms in total. The zero-order chi connectivity index (χ0) is 22.7. The minimum Gasteiger partial charge on any atom is -0.496 e. The predicted octanol–water partition coefficient (Wildman–Crippen LogP) is 3.68. The molecule has 0 spiro atoms. The van der Waals surface area contributed by atoms with Crippen molar-refractivity contribution in [2.75, 3.05) is 39.7 Å². The molecule has 2 amide bonds. The van der Waals surface area contributed by atoms with E-state index in [4.69, 9.17) is 14.2 Å². The van der Waals surface area contributed by atoms with Crippen LogP contribution in [-0.4, -0.2) is 56.1 Å². The second kappa shape index (κ2) is 9.21. The minimum atomic E-state index is -0.119. The first-order valence-corrected chi connectivity index (χ1v) is 10.5. The normalized spacial score (nSPS) is 14.3. The number of nitrogens with one attached hydrogen (secondary N) is 2. The Balaban J connectivity index is 1.48. The Kier molecular flexibility index (Phi) is 6.20. The summed E-state index contributed by atoms with van der Waals surface area (Å²) in [6.45, 7) is 1.03. The third kappa shape index (κ3) is 4.08. The van der Waals surface area contributed by atoms with Gasteiger partial charge in [-0.25, -0.2) is 0 Å². The van der Waals surface area contributed by atoms with Crippen LogP contribution in [-0.2, 0) is 4.79 Å². The number of anilines is 1. The number of likely N-dealkylation sites (tertiary alicyclic amines) is 1. The van der Waals surface area contributed by atoms with E-state index in [1.165, 1.54) is 0 Å². The number of carbonyl (C=O) groups is 2. The van der Waals surface area contributed by atoms with E-state index in [0.29, 0.717) is 54.4 Å². The molecule has 0 bridgehead atoms. The fraction of sp³-hybridized carbons (Fsp3) is 0.333. The van der Waals surface area contributed by atoms with Crippen molar-refractivity contribution in [3.63, 3.8) is 0 Å². The number of hydrogen-bond acceptors (Lipinski definition) is 5. The molecule has 2 aromatic carbocycles. The molecule has 168 valence electrons. The van der Waals surface area contributed by atoms with Crippen molar-refractivity contribution in [2.24, 2.45) is 5.92 Å². The van der Waals surface area contributed by atoms with Crippen LogP contribution in [0.3, 0.4) is 0 Å². The minimum absolute atomic E-state index is 0.00419. The zero-order valence-corrected chi connectivity index (χ0v) is 18.4. The first-order valence-electron chi connectivity index (χ1n) is 10.5. The molecule has 0 aliphatic carbocycles. The standard InChI is InChI=1S/C24H27N3O5/c1-30-19-14-20(31-2)22(32-3)21-17(19)13-18(26-21)24(29)27-11-9-15(10-12-27)23(28)25-16-7-5-4-6-8-16/h4-8,13-15,26H,9-12H2,1-3H3,(H,25,28). The Bertz CT molecular complexity index is 1120. The van der Waals surface area contributed by atoms with Gasteiger partial charge in [0, 0.05) is 36.1 Å². The molecule has 2 N–H and O–H groups in total. The van der Waals surface area contributed by atoms with Gasteiger partial charge in [-0.2, -0.15) is 0 Å². The van der Waals surface area contributed by atoms with Crippen LogP contribution in [0.2, 0.25) is 0 Å². The number of hydrogen-bond donors (Lipinski definition) is 2. The summed E-state index contributed by atoms with van der Waals surface area (Å²) >= 11 is 0. The second-order valence-electron chi connectivity index (χ2n) is 7.71. The van der Waals surface area contributed by atoms with Crippen LogP contribution in [0.15, 0.2) is 42.5 Å². The largest absolute Gasteiger partial charge is 0.496 e. The van der Waals surface area contributed by atoms with Gasteiger partial charge >= 0.3 is 0 Å². The number of carbonyl (C=O) groups excluding carboxylic acids is 2. The molecule has 0 radical (unpaired) electrons. The third-order valence-electron chi connectivity index (χ3n) is 5.86. The second-order valence-corrected chi connectivity index (χ2v) is 7.71. The van der Waals surface area contributed by atoms with Gasteiger partial charge in [0.05, 0.1) is 26.8 Å². The average Bonchev–Trinajstić information content (AvgIpc) is 3.28. The topological polar surface area (TPSA) is 92.9 Å². The Morgan fingerprint density at radius 2 is 1.66 bits per heavy atom. The van der Waals surface area contributed by atoms with Crippen molar-refractivity contribution >= 4 is 28.4 Å². The van der Waals surface area contributed by atoms with Crippen molar-refractivity contribution in [1.82, 2.24) is 9.88 Å². The van der Waals surface area contributed by atoms with Gasteiger partial charge in [0.2, 0.25) is 5.91 Å². The van der Waals surface area contributed by atoms with E-state index in [1.54, 1.807) is 38.4 Å². The number of para-hydroxylation sites is 1. The number of aromatic amines is 1. The molecular formula is C24H27N3O5. The molecule has 1 fully saturated rings. The number of rotatable bonds is 6. The first-order chi connectivity index (χ1) is 15.5. The lowest BCUT2D eigenvalue weighted by molar-refractivity contribution is -0.121. The van der Waals surface area contributed by atoms with Crippen LogP contribution in [0.25, 0.3) is 10.9 Å². The Labute approximate surface area is 186 Å². The SMILES string of the molecule is COc1cc(OC)c2cc(C(=O)N3CCC(C(=O)Nc4ccccc4)CC3)[nH]c2c1OC. The summed E-state index contributed by atoms with van der Waals surface area (Å²) in [7, 11) is 4.67. The first kappa shape index (κ1) is 21.5. The summed E-state index contributed by atoms with van der Waals surface area (Å²) in [5.74, 6) is 1.37. The van der Waals surface area contributed by atoms with E-state index in [2.05, 4.69) is 10.3 Å². The van der Waals surface area contributed by atoms with Gasteiger partial charge in [0.15, 0.2) is 11.5 Å². The number of amides is 2. The van der Waals surface area contributed by atoms with Crippen LogP contribution in [0, 0.1) is 5.92 Å². The van der Waals surface area contributed by atoms with Gasteiger partial charge in [-0.1, -0.05) is 18.2 Å². The highest BCUT2D eigenvalue weighted by atomic mass is 16.5. The predicted molar refractivity (Wildman–Crippen MR) is 122 cm³/mol. The van der Waals surface area contributed by atoms with Crippen LogP contribution >= 0.6 is 0 Å². The molecule has 1 aromatic heterocycles. The molecule has 0 saturated carbocycles. The smallest absolute Gasteiger partial charge is 0.270 e. The number of benzene rings is 2. The van der Waals surface area contributed by atoms with Crippen molar-refractivity contribution in [3.8, 4) is 17.2 Å². The number of methoxy groups -OCH3 is 3. The summed E-state index contributed by atoms with van der Waals surface area (Å²) in [5.41, 5.74) is 1.87. The van der Waals surface area contributed by atoms with Gasteiger partial charge in [0.1, 0.15) is 11.4 Å². The summed E-state index contributed by atoms with van der Waals surface area (Å²) in [6.07, 6.45) is 1.23. The molecular weight excluding hydrogens is 410 g/mol. The molecule has 0 unspecified atom stereocenters. The van der Waals surface area contributed by atoms with E-state index in [0.717, 1.165) is 11.1 Å². The fourth-order valence-corrected chi connectivity index (χ4v) is 4.13. The molecule has 4 rings (SSSR count). The molecule has 2 heterocycles. The lowest BCUT2D eigenvalue weighted by Gasteiger charge is -2.31. The molecule has 3 aromatic rings. The van der Waals surface area contributed by atoms with Crippen molar-refractivity contribution in [2.45, 2.75) is 12.8 Å². The number of ether oxygens (including phenoxy) is 3. The van der Waals surface area contributed by atoms with Gasteiger partial charge in [-0.15, -0.1) is 0 Å². The van der Waals surface area contributed by atoms with E-state index < -0.39 is 0 Å². The number of aromatic nitrogens is 1. The fourth-order valence-electron chi connectivity index (χ4n) is 4.13. The lowest BCUT2D eigenvalue weighted by Crippen LogP contribution is -2.41. The van der Waals surface area contributed by atoms with Crippen LogP contribution in [0.4, 0.5) is 5.69 Å². The molecule has 8 heteroatoms. The molecule has 1 aliphatic rings. The van der Waals surface area contributed by atoms with Crippen molar-refractivity contribution in [1.29, 1.82) is 0 Å². The monoisotopic (exact) mass is 437 g/mol. The maximum absolute atomic E-state index is 13.2. The number of H-pyrrole nitrogens is 1. The van der Waals surface area contributed by atoms with Gasteiger partial charge in [-0.3, -0.25) is 9.59 Å². The lowest BCUT2D eigenvalue weighted by atomic mass is 9.95. The van der Waals surface area contributed by atoms with E-state index in [-0.39, 0.29) is 17.7 Å². The average molecular weight is 437 g/mol.